The van der Waals surface area contributed by atoms with E-state index in [0.29, 0.717) is 6.54 Å². The first kappa shape index (κ1) is 23.4. The Morgan fingerprint density at radius 3 is 2.44 bits per heavy atom. The molecule has 1 heterocycles. The second-order valence-electron chi connectivity index (χ2n) is 6.99. The Hall–Kier alpha value is -3.30. The molecule has 0 atom stereocenters. The standard InChI is InChI=1S/C22H22ClF2N5O2/c23-18-12-28-20(29-14-22(24,25)17-8-2-1-3-9-17)21(32)30(18)13-19(31)27-11-16-7-5-4-6-15(16)10-26/h1-9,12H,10-11,13-14,26H2,(H,27,31)(H,28,29). The molecule has 0 aliphatic carbocycles. The maximum Gasteiger partial charge on any atom is 0.294 e. The Kier molecular flexibility index (Phi) is 7.55. The molecule has 10 heteroatoms. The molecule has 0 aliphatic heterocycles. The van der Waals surface area contributed by atoms with E-state index in [9.17, 15) is 18.4 Å². The molecule has 1 aromatic heterocycles. The van der Waals surface area contributed by atoms with Crippen LogP contribution in [0.4, 0.5) is 14.6 Å². The van der Waals surface area contributed by atoms with E-state index in [4.69, 9.17) is 17.3 Å². The summed E-state index contributed by atoms with van der Waals surface area (Å²) < 4.78 is 29.7. The molecule has 168 valence electrons. The molecule has 0 saturated carbocycles. The molecule has 0 bridgehead atoms. The second-order valence-corrected chi connectivity index (χ2v) is 7.38. The third-order valence-corrected chi connectivity index (χ3v) is 5.10. The molecule has 32 heavy (non-hydrogen) atoms. The molecule has 3 aromatic rings. The number of rotatable bonds is 9. The lowest BCUT2D eigenvalue weighted by Gasteiger charge is -2.18. The zero-order valence-corrected chi connectivity index (χ0v) is 17.8. The number of nitrogens with zero attached hydrogens (tertiary/aromatic N) is 2. The Morgan fingerprint density at radius 2 is 1.75 bits per heavy atom. The highest BCUT2D eigenvalue weighted by Gasteiger charge is 2.31. The first-order chi connectivity index (χ1) is 15.3. The number of halogens is 3. The minimum Gasteiger partial charge on any atom is -0.359 e. The van der Waals surface area contributed by atoms with Gasteiger partial charge in [0.1, 0.15) is 11.7 Å². The molecule has 1 amide bonds. The largest absolute Gasteiger partial charge is 0.359 e. The zero-order chi connectivity index (χ0) is 23.1. The molecule has 3 rings (SSSR count). The average Bonchev–Trinajstić information content (AvgIpc) is 2.80. The number of anilines is 1. The maximum atomic E-state index is 14.4. The summed E-state index contributed by atoms with van der Waals surface area (Å²) in [6.45, 7) is -0.694. The molecule has 0 saturated heterocycles. The number of amides is 1. The van der Waals surface area contributed by atoms with Gasteiger partial charge in [0.15, 0.2) is 5.82 Å². The Bertz CT molecular complexity index is 1140. The minimum absolute atomic E-state index is 0.0899. The summed E-state index contributed by atoms with van der Waals surface area (Å²) in [6.07, 6.45) is 1.13. The number of benzene rings is 2. The smallest absolute Gasteiger partial charge is 0.294 e. The topological polar surface area (TPSA) is 102 Å². The van der Waals surface area contributed by atoms with Gasteiger partial charge in [-0.25, -0.2) is 4.98 Å². The van der Waals surface area contributed by atoms with Gasteiger partial charge < -0.3 is 16.4 Å². The van der Waals surface area contributed by atoms with E-state index in [2.05, 4.69) is 15.6 Å². The normalized spacial score (nSPS) is 11.2. The summed E-state index contributed by atoms with van der Waals surface area (Å²) in [5, 5.41) is 4.98. The summed E-state index contributed by atoms with van der Waals surface area (Å²) in [5.74, 6) is -4.04. The van der Waals surface area contributed by atoms with Gasteiger partial charge in [0.25, 0.3) is 11.5 Å². The lowest BCUT2D eigenvalue weighted by molar-refractivity contribution is -0.121. The third-order valence-electron chi connectivity index (χ3n) is 4.80. The highest BCUT2D eigenvalue weighted by molar-refractivity contribution is 6.29. The highest BCUT2D eigenvalue weighted by Crippen LogP contribution is 2.27. The molecule has 0 aliphatic rings. The van der Waals surface area contributed by atoms with Crippen molar-refractivity contribution < 1.29 is 13.6 Å². The van der Waals surface area contributed by atoms with E-state index in [1.54, 1.807) is 6.07 Å². The quantitative estimate of drug-likeness (QED) is 0.455. The molecule has 0 unspecified atom stereocenters. The molecule has 4 N–H and O–H groups in total. The number of nitrogens with one attached hydrogen (secondary N) is 2. The fraction of sp³-hybridized carbons (Fsp3) is 0.227. The lowest BCUT2D eigenvalue weighted by atomic mass is 10.1. The summed E-state index contributed by atoms with van der Waals surface area (Å²) in [5.41, 5.74) is 6.45. The van der Waals surface area contributed by atoms with Crippen molar-refractivity contribution in [2.45, 2.75) is 25.6 Å². The highest BCUT2D eigenvalue weighted by atomic mass is 35.5. The van der Waals surface area contributed by atoms with E-state index in [1.165, 1.54) is 24.3 Å². The maximum absolute atomic E-state index is 14.4. The van der Waals surface area contributed by atoms with Crippen LogP contribution >= 0.6 is 11.6 Å². The van der Waals surface area contributed by atoms with Crippen LogP contribution in [0.15, 0.2) is 65.6 Å². The van der Waals surface area contributed by atoms with E-state index in [0.717, 1.165) is 21.9 Å². The van der Waals surface area contributed by atoms with E-state index in [-0.39, 0.29) is 23.1 Å². The van der Waals surface area contributed by atoms with Gasteiger partial charge in [-0.1, -0.05) is 66.2 Å². The van der Waals surface area contributed by atoms with Crippen molar-refractivity contribution in [3.8, 4) is 0 Å². The lowest BCUT2D eigenvalue weighted by Crippen LogP contribution is -2.35. The summed E-state index contributed by atoms with van der Waals surface area (Å²) in [6, 6.07) is 14.6. The van der Waals surface area contributed by atoms with Gasteiger partial charge >= 0.3 is 0 Å². The number of aromatic nitrogens is 2. The van der Waals surface area contributed by atoms with Gasteiger partial charge in [-0.15, -0.1) is 0 Å². The SMILES string of the molecule is NCc1ccccc1CNC(=O)Cn1c(Cl)cnc(NCC(F)(F)c2ccccc2)c1=O. The van der Waals surface area contributed by atoms with Gasteiger partial charge in [-0.2, -0.15) is 8.78 Å². The van der Waals surface area contributed by atoms with Crippen LogP contribution in [-0.2, 0) is 30.4 Å². The molecule has 0 spiro atoms. The number of nitrogens with two attached hydrogens (primary N) is 1. The molecular weight excluding hydrogens is 440 g/mol. The van der Waals surface area contributed by atoms with Crippen molar-refractivity contribution in [3.05, 3.63) is 93.0 Å². The first-order valence-corrected chi connectivity index (χ1v) is 10.2. The molecule has 2 aromatic carbocycles. The predicted octanol–water partition coefficient (Wildman–Crippen LogP) is 2.88. The predicted molar refractivity (Wildman–Crippen MR) is 119 cm³/mol. The van der Waals surface area contributed by atoms with Crippen molar-refractivity contribution >= 4 is 23.3 Å². The van der Waals surface area contributed by atoms with Crippen LogP contribution in [0.5, 0.6) is 0 Å². The fourth-order valence-corrected chi connectivity index (χ4v) is 3.22. The zero-order valence-electron chi connectivity index (χ0n) is 17.0. The average molecular weight is 462 g/mol. The summed E-state index contributed by atoms with van der Waals surface area (Å²) in [4.78, 5) is 28.9. The van der Waals surface area contributed by atoms with Crippen LogP contribution in [0.1, 0.15) is 16.7 Å². The summed E-state index contributed by atoms with van der Waals surface area (Å²) in [7, 11) is 0. The molecule has 0 radical (unpaired) electrons. The van der Waals surface area contributed by atoms with Crippen LogP contribution in [0.2, 0.25) is 5.15 Å². The Labute approximate surface area is 188 Å². The number of hydrogen-bond acceptors (Lipinski definition) is 5. The van der Waals surface area contributed by atoms with Gasteiger partial charge in [-0.05, 0) is 11.1 Å². The van der Waals surface area contributed by atoms with Gasteiger partial charge in [0.2, 0.25) is 5.91 Å². The van der Waals surface area contributed by atoms with Crippen molar-refractivity contribution in [3.63, 3.8) is 0 Å². The van der Waals surface area contributed by atoms with Crippen molar-refractivity contribution in [2.24, 2.45) is 5.73 Å². The minimum atomic E-state index is -3.23. The number of alkyl halides is 2. The monoisotopic (exact) mass is 461 g/mol. The number of carbonyl (C=O) groups excluding carboxylic acids is 1. The Morgan fingerprint density at radius 1 is 1.09 bits per heavy atom. The van der Waals surface area contributed by atoms with E-state index in [1.807, 2.05) is 24.3 Å². The van der Waals surface area contributed by atoms with Crippen LogP contribution in [0, 0.1) is 0 Å². The third kappa shape index (κ3) is 5.68. The molecule has 7 nitrogen and oxygen atoms in total. The Balaban J connectivity index is 1.68. The van der Waals surface area contributed by atoms with Gasteiger partial charge in [0.05, 0.1) is 12.7 Å². The van der Waals surface area contributed by atoms with Crippen molar-refractivity contribution in [1.82, 2.24) is 14.9 Å². The second kappa shape index (κ2) is 10.3. The van der Waals surface area contributed by atoms with E-state index >= 15 is 0 Å². The molecular formula is C22H22ClF2N5O2. The summed E-state index contributed by atoms with van der Waals surface area (Å²) >= 11 is 6.02. The molecule has 0 fully saturated rings. The first-order valence-electron chi connectivity index (χ1n) is 9.78. The number of hydrogen-bond donors (Lipinski definition) is 3. The van der Waals surface area contributed by atoms with Gasteiger partial charge in [0, 0.05) is 18.7 Å². The van der Waals surface area contributed by atoms with E-state index < -0.39 is 30.5 Å². The van der Waals surface area contributed by atoms with Crippen molar-refractivity contribution in [1.29, 1.82) is 0 Å². The van der Waals surface area contributed by atoms with Crippen molar-refractivity contribution in [2.75, 3.05) is 11.9 Å². The van der Waals surface area contributed by atoms with Gasteiger partial charge in [-0.3, -0.25) is 14.2 Å². The van der Waals surface area contributed by atoms with Crippen LogP contribution in [0.25, 0.3) is 0 Å². The fourth-order valence-electron chi connectivity index (χ4n) is 3.04. The van der Waals surface area contributed by atoms with Crippen LogP contribution in [0.3, 0.4) is 0 Å². The van der Waals surface area contributed by atoms with Crippen LogP contribution in [-0.4, -0.2) is 22.0 Å². The van der Waals surface area contributed by atoms with Crippen LogP contribution < -0.4 is 21.9 Å². The number of carbonyl (C=O) groups is 1.